The van der Waals surface area contributed by atoms with E-state index in [0.29, 0.717) is 17.2 Å². The molecule has 5 nitrogen and oxygen atoms in total. The third-order valence-corrected chi connectivity index (χ3v) is 4.49. The Morgan fingerprint density at radius 1 is 1.39 bits per heavy atom. The van der Waals surface area contributed by atoms with Crippen molar-refractivity contribution in [3.63, 3.8) is 0 Å². The van der Waals surface area contributed by atoms with Crippen molar-refractivity contribution < 1.29 is 4.74 Å². The van der Waals surface area contributed by atoms with E-state index in [2.05, 4.69) is 28.3 Å². The monoisotopic (exact) mass is 344 g/mol. The highest BCUT2D eigenvalue weighted by atomic mass is 32.1. The fourth-order valence-corrected chi connectivity index (χ4v) is 3.09. The second-order valence-electron chi connectivity index (χ2n) is 4.81. The highest BCUT2D eigenvalue weighted by Crippen LogP contribution is 2.28. The van der Waals surface area contributed by atoms with Crippen LogP contribution in [0.3, 0.4) is 0 Å². The molecule has 0 spiro atoms. The normalized spacial score (nSPS) is 11.2. The lowest BCUT2D eigenvalue weighted by Crippen LogP contribution is -1.99. The average molecular weight is 344 g/mol. The number of hydrogen-bond donors (Lipinski definition) is 1. The van der Waals surface area contributed by atoms with Crippen LogP contribution in [0.1, 0.15) is 17.4 Å². The number of thiophene rings is 1. The maximum atomic E-state index is 5.67. The fourth-order valence-electron chi connectivity index (χ4n) is 2.13. The Morgan fingerprint density at radius 3 is 2.96 bits per heavy atom. The van der Waals surface area contributed by atoms with Gasteiger partial charge in [0.1, 0.15) is 5.75 Å². The summed E-state index contributed by atoms with van der Waals surface area (Å²) in [4.78, 5) is 1.09. The number of rotatable bonds is 5. The molecule has 0 fully saturated rings. The number of hydrogen-bond acceptors (Lipinski definition) is 5. The van der Waals surface area contributed by atoms with E-state index >= 15 is 0 Å². The number of H-pyrrole nitrogens is 1. The van der Waals surface area contributed by atoms with Crippen LogP contribution in [-0.2, 0) is 0 Å². The van der Waals surface area contributed by atoms with Crippen molar-refractivity contribution in [3.05, 3.63) is 50.9 Å². The van der Waals surface area contributed by atoms with Gasteiger partial charge in [-0.1, -0.05) is 12.1 Å². The molecular formula is C16H16N4OS2. The summed E-state index contributed by atoms with van der Waals surface area (Å²) in [5.41, 5.74) is 2.03. The van der Waals surface area contributed by atoms with E-state index < -0.39 is 0 Å². The Balaban J connectivity index is 2.05. The van der Waals surface area contributed by atoms with E-state index in [9.17, 15) is 0 Å². The lowest BCUT2D eigenvalue weighted by molar-refractivity contribution is 0.341. The van der Waals surface area contributed by atoms with Crippen molar-refractivity contribution in [3.8, 4) is 17.1 Å². The van der Waals surface area contributed by atoms with Gasteiger partial charge in [-0.2, -0.15) is 14.9 Å². The van der Waals surface area contributed by atoms with Crippen LogP contribution >= 0.6 is 23.6 Å². The van der Waals surface area contributed by atoms with Gasteiger partial charge in [-0.15, -0.1) is 11.3 Å². The molecule has 2 heterocycles. The number of aromatic amines is 1. The summed E-state index contributed by atoms with van der Waals surface area (Å²) < 4.78 is 7.73. The van der Waals surface area contributed by atoms with Crippen LogP contribution in [0.25, 0.3) is 11.4 Å². The predicted molar refractivity (Wildman–Crippen MR) is 96.1 cm³/mol. The van der Waals surface area contributed by atoms with Crippen LogP contribution in [0.15, 0.2) is 40.8 Å². The van der Waals surface area contributed by atoms with Crippen LogP contribution in [0.4, 0.5) is 0 Å². The largest absolute Gasteiger partial charge is 0.493 e. The van der Waals surface area contributed by atoms with Gasteiger partial charge in [0, 0.05) is 0 Å². The molecule has 0 amide bonds. The van der Waals surface area contributed by atoms with Gasteiger partial charge in [-0.3, -0.25) is 0 Å². The molecule has 0 atom stereocenters. The molecule has 0 aliphatic rings. The molecule has 1 aromatic carbocycles. The van der Waals surface area contributed by atoms with Crippen molar-refractivity contribution >= 4 is 29.8 Å². The van der Waals surface area contributed by atoms with Gasteiger partial charge >= 0.3 is 0 Å². The number of para-hydroxylation sites is 1. The lowest BCUT2D eigenvalue weighted by Gasteiger charge is -2.08. The van der Waals surface area contributed by atoms with E-state index in [-0.39, 0.29) is 0 Å². The first-order valence-electron chi connectivity index (χ1n) is 7.18. The first-order valence-corrected chi connectivity index (χ1v) is 8.47. The molecule has 2 aromatic heterocycles. The standard InChI is InChI=1S/C16H16N4OS2/c1-3-21-13-7-5-4-6-12(13)15-18-19-16(22)20(15)17-10-14-11(2)8-9-23-14/h4-10H,3H2,1-2H3,(H,19,22)/b17-10-. The second kappa shape index (κ2) is 6.89. The Kier molecular flexibility index (Phi) is 4.68. The summed E-state index contributed by atoms with van der Waals surface area (Å²) in [6, 6.07) is 9.78. The Labute approximate surface area is 143 Å². The van der Waals surface area contributed by atoms with Crippen LogP contribution in [-0.4, -0.2) is 27.7 Å². The van der Waals surface area contributed by atoms with Crippen molar-refractivity contribution in [2.45, 2.75) is 13.8 Å². The Morgan fingerprint density at radius 2 is 2.22 bits per heavy atom. The molecule has 118 valence electrons. The van der Waals surface area contributed by atoms with E-state index in [4.69, 9.17) is 17.0 Å². The minimum Gasteiger partial charge on any atom is -0.493 e. The van der Waals surface area contributed by atoms with Crippen LogP contribution in [0.2, 0.25) is 0 Å². The molecule has 7 heteroatoms. The summed E-state index contributed by atoms with van der Waals surface area (Å²) in [7, 11) is 0. The summed E-state index contributed by atoms with van der Waals surface area (Å²) in [6.07, 6.45) is 1.80. The fraction of sp³-hybridized carbons (Fsp3) is 0.188. The second-order valence-corrected chi connectivity index (χ2v) is 6.14. The number of nitrogens with zero attached hydrogens (tertiary/aromatic N) is 3. The molecule has 3 rings (SSSR count). The van der Waals surface area contributed by atoms with Crippen LogP contribution < -0.4 is 4.74 Å². The molecule has 0 saturated heterocycles. The summed E-state index contributed by atoms with van der Waals surface area (Å²) in [5.74, 6) is 1.39. The topological polar surface area (TPSA) is 55.2 Å². The van der Waals surface area contributed by atoms with E-state index in [1.165, 1.54) is 5.56 Å². The van der Waals surface area contributed by atoms with Gasteiger partial charge in [0.25, 0.3) is 0 Å². The zero-order valence-corrected chi connectivity index (χ0v) is 14.4. The summed E-state index contributed by atoms with van der Waals surface area (Å²) in [6.45, 7) is 4.59. The molecule has 3 aromatic rings. The highest BCUT2D eigenvalue weighted by Gasteiger charge is 2.13. The SMILES string of the molecule is CCOc1ccccc1-c1n[nH]c(=S)n1/N=C\c1sccc1C. The van der Waals surface area contributed by atoms with Gasteiger partial charge in [0.05, 0.1) is 23.3 Å². The lowest BCUT2D eigenvalue weighted by atomic mass is 10.2. The molecule has 23 heavy (non-hydrogen) atoms. The number of aryl methyl sites for hydroxylation is 1. The molecule has 0 bridgehead atoms. The zero-order valence-electron chi connectivity index (χ0n) is 12.8. The first-order chi connectivity index (χ1) is 11.2. The van der Waals surface area contributed by atoms with Gasteiger partial charge in [0.15, 0.2) is 5.82 Å². The van der Waals surface area contributed by atoms with E-state index in [1.807, 2.05) is 36.6 Å². The van der Waals surface area contributed by atoms with Crippen molar-refractivity contribution in [1.82, 2.24) is 14.9 Å². The van der Waals surface area contributed by atoms with Crippen molar-refractivity contribution in [2.75, 3.05) is 6.61 Å². The van der Waals surface area contributed by atoms with Gasteiger partial charge in [0.2, 0.25) is 4.77 Å². The number of benzene rings is 1. The molecule has 0 aliphatic carbocycles. The zero-order chi connectivity index (χ0) is 16.2. The molecule has 0 saturated carbocycles. The number of nitrogens with one attached hydrogen (secondary N) is 1. The van der Waals surface area contributed by atoms with Gasteiger partial charge in [-0.05, 0) is 55.2 Å². The predicted octanol–water partition coefficient (Wildman–Crippen LogP) is 4.26. The molecule has 0 unspecified atom stereocenters. The first kappa shape index (κ1) is 15.6. The molecule has 0 radical (unpaired) electrons. The van der Waals surface area contributed by atoms with Gasteiger partial charge < -0.3 is 4.74 Å². The average Bonchev–Trinajstić information content (AvgIpc) is 3.12. The van der Waals surface area contributed by atoms with Gasteiger partial charge in [-0.25, -0.2) is 5.10 Å². The molecule has 0 aliphatic heterocycles. The highest BCUT2D eigenvalue weighted by molar-refractivity contribution is 7.71. The summed E-state index contributed by atoms with van der Waals surface area (Å²) >= 11 is 6.94. The summed E-state index contributed by atoms with van der Waals surface area (Å²) in [5, 5.41) is 13.6. The number of aromatic nitrogens is 3. The minimum atomic E-state index is 0.441. The third-order valence-electron chi connectivity index (χ3n) is 3.27. The van der Waals surface area contributed by atoms with Crippen LogP contribution in [0, 0.1) is 11.7 Å². The molecule has 1 N–H and O–H groups in total. The maximum absolute atomic E-state index is 5.67. The maximum Gasteiger partial charge on any atom is 0.216 e. The van der Waals surface area contributed by atoms with Crippen molar-refractivity contribution in [2.24, 2.45) is 5.10 Å². The van der Waals surface area contributed by atoms with E-state index in [0.717, 1.165) is 16.2 Å². The number of ether oxygens (including phenoxy) is 1. The third kappa shape index (κ3) is 3.25. The minimum absolute atomic E-state index is 0.441. The van der Waals surface area contributed by atoms with E-state index in [1.54, 1.807) is 22.2 Å². The Hall–Kier alpha value is -2.25. The van der Waals surface area contributed by atoms with Crippen molar-refractivity contribution in [1.29, 1.82) is 0 Å². The van der Waals surface area contributed by atoms with Crippen LogP contribution in [0.5, 0.6) is 5.75 Å². The Bertz CT molecular complexity index is 891. The quantitative estimate of drug-likeness (QED) is 0.556. The smallest absolute Gasteiger partial charge is 0.216 e. The molecular weight excluding hydrogens is 328 g/mol.